The number of rotatable bonds is 9. The van der Waals surface area contributed by atoms with Crippen molar-refractivity contribution >= 4 is 34.2 Å². The first kappa shape index (κ1) is 22.7. The van der Waals surface area contributed by atoms with Gasteiger partial charge in [-0.3, -0.25) is 9.59 Å². The number of para-hydroxylation sites is 2. The Morgan fingerprint density at radius 1 is 1.12 bits per heavy atom. The number of nitriles is 1. The standard InChI is InChI=1S/C24H23N7O3/c1-15(2)24(33)27-17-10-8-16(9-11-17)20(32)14-31-19-7-4-3-6-18(19)28-23(31)21-22(30-34-29-21)26-13-5-12-25/h3-4,6-11,15H,5,13-14H2,1-2H3,(H,26,30)(H,27,33). The van der Waals surface area contributed by atoms with Crippen LogP contribution in [0.25, 0.3) is 22.6 Å². The monoisotopic (exact) mass is 457 g/mol. The number of anilines is 2. The molecule has 0 atom stereocenters. The highest BCUT2D eigenvalue weighted by molar-refractivity contribution is 5.98. The van der Waals surface area contributed by atoms with Crippen LogP contribution in [0.5, 0.6) is 0 Å². The molecule has 1 amide bonds. The summed E-state index contributed by atoms with van der Waals surface area (Å²) < 4.78 is 6.68. The van der Waals surface area contributed by atoms with Gasteiger partial charge in [0, 0.05) is 23.7 Å². The molecule has 0 saturated carbocycles. The van der Waals surface area contributed by atoms with Crippen LogP contribution in [0, 0.1) is 17.2 Å². The van der Waals surface area contributed by atoms with Crippen molar-refractivity contribution in [2.45, 2.75) is 26.8 Å². The molecule has 2 aromatic carbocycles. The van der Waals surface area contributed by atoms with Gasteiger partial charge in [0.15, 0.2) is 17.3 Å². The third kappa shape index (κ3) is 4.78. The van der Waals surface area contributed by atoms with Gasteiger partial charge in [0.2, 0.25) is 11.7 Å². The van der Waals surface area contributed by atoms with Crippen LogP contribution in [0.4, 0.5) is 11.5 Å². The van der Waals surface area contributed by atoms with E-state index in [1.54, 1.807) is 28.8 Å². The van der Waals surface area contributed by atoms with Crippen LogP contribution < -0.4 is 10.6 Å². The van der Waals surface area contributed by atoms with Gasteiger partial charge in [0.25, 0.3) is 0 Å². The number of amides is 1. The molecule has 0 aliphatic carbocycles. The zero-order valence-electron chi connectivity index (χ0n) is 18.8. The molecule has 34 heavy (non-hydrogen) atoms. The fourth-order valence-electron chi connectivity index (χ4n) is 3.37. The molecule has 0 saturated heterocycles. The second-order valence-electron chi connectivity index (χ2n) is 7.95. The molecule has 10 nitrogen and oxygen atoms in total. The summed E-state index contributed by atoms with van der Waals surface area (Å²) in [6, 6.07) is 16.3. The molecule has 0 spiro atoms. The molecule has 10 heteroatoms. The summed E-state index contributed by atoms with van der Waals surface area (Å²) >= 11 is 0. The van der Waals surface area contributed by atoms with Crippen molar-refractivity contribution in [2.24, 2.45) is 5.92 Å². The number of Topliss-reactive ketones (excluding diaryl/α,β-unsaturated/α-hetero) is 1. The van der Waals surface area contributed by atoms with Crippen LogP contribution in [-0.4, -0.2) is 38.1 Å². The topological polar surface area (TPSA) is 139 Å². The smallest absolute Gasteiger partial charge is 0.226 e. The average molecular weight is 457 g/mol. The Balaban J connectivity index is 1.62. The van der Waals surface area contributed by atoms with E-state index in [4.69, 9.17) is 9.89 Å². The lowest BCUT2D eigenvalue weighted by Gasteiger charge is -2.10. The number of imidazole rings is 1. The molecule has 2 aromatic heterocycles. The lowest BCUT2D eigenvalue weighted by atomic mass is 10.1. The minimum absolute atomic E-state index is 0.0119. The summed E-state index contributed by atoms with van der Waals surface area (Å²) in [5.41, 5.74) is 2.94. The number of hydrogen-bond acceptors (Lipinski definition) is 8. The van der Waals surface area contributed by atoms with E-state index >= 15 is 0 Å². The number of carbonyl (C=O) groups is 2. The van der Waals surface area contributed by atoms with E-state index in [-0.39, 0.29) is 30.6 Å². The number of benzene rings is 2. The Morgan fingerprint density at radius 2 is 1.88 bits per heavy atom. The molecule has 0 fully saturated rings. The van der Waals surface area contributed by atoms with E-state index in [2.05, 4.69) is 32.0 Å². The van der Waals surface area contributed by atoms with E-state index in [0.717, 1.165) is 5.52 Å². The summed E-state index contributed by atoms with van der Waals surface area (Å²) in [4.78, 5) is 29.7. The van der Waals surface area contributed by atoms with Crippen LogP contribution in [0.1, 0.15) is 30.6 Å². The number of nitrogens with one attached hydrogen (secondary N) is 2. The zero-order chi connectivity index (χ0) is 24.1. The molecule has 172 valence electrons. The number of fused-ring (bicyclic) bond motifs is 1. The minimum Gasteiger partial charge on any atom is -0.364 e. The largest absolute Gasteiger partial charge is 0.364 e. The van der Waals surface area contributed by atoms with Crippen LogP contribution >= 0.6 is 0 Å². The van der Waals surface area contributed by atoms with Gasteiger partial charge in [-0.25, -0.2) is 9.61 Å². The van der Waals surface area contributed by atoms with Crippen LogP contribution in [-0.2, 0) is 11.3 Å². The van der Waals surface area contributed by atoms with Crippen LogP contribution in [0.2, 0.25) is 0 Å². The Hall–Kier alpha value is -4.52. The Bertz CT molecular complexity index is 1360. The fourth-order valence-corrected chi connectivity index (χ4v) is 3.37. The maximum absolute atomic E-state index is 13.2. The average Bonchev–Trinajstić information content (AvgIpc) is 3.44. The summed E-state index contributed by atoms with van der Waals surface area (Å²) in [6.07, 6.45) is 0.287. The van der Waals surface area contributed by atoms with Gasteiger partial charge in [-0.1, -0.05) is 26.0 Å². The summed E-state index contributed by atoms with van der Waals surface area (Å²) in [5.74, 6) is 0.413. The number of aromatic nitrogens is 4. The highest BCUT2D eigenvalue weighted by atomic mass is 16.6. The van der Waals surface area contributed by atoms with Crippen molar-refractivity contribution in [3.05, 3.63) is 54.1 Å². The number of hydrogen-bond donors (Lipinski definition) is 2. The maximum Gasteiger partial charge on any atom is 0.226 e. The normalized spacial score (nSPS) is 10.9. The number of ketones is 1. The Labute approximate surface area is 195 Å². The zero-order valence-corrected chi connectivity index (χ0v) is 18.8. The van der Waals surface area contributed by atoms with Crippen molar-refractivity contribution in [2.75, 3.05) is 17.2 Å². The predicted octanol–water partition coefficient (Wildman–Crippen LogP) is 3.89. The van der Waals surface area contributed by atoms with Gasteiger partial charge in [0.1, 0.15) is 0 Å². The van der Waals surface area contributed by atoms with E-state index in [1.165, 1.54) is 0 Å². The molecule has 0 aliphatic rings. The number of carbonyl (C=O) groups excluding carboxylic acids is 2. The highest BCUT2D eigenvalue weighted by Crippen LogP contribution is 2.28. The third-order valence-corrected chi connectivity index (χ3v) is 5.18. The molecule has 0 bridgehead atoms. The van der Waals surface area contributed by atoms with E-state index < -0.39 is 0 Å². The molecule has 0 unspecified atom stereocenters. The molecule has 4 aromatic rings. The summed E-state index contributed by atoms with van der Waals surface area (Å²) in [6.45, 7) is 4.01. The van der Waals surface area contributed by atoms with Crippen LogP contribution in [0.15, 0.2) is 53.2 Å². The van der Waals surface area contributed by atoms with Crippen molar-refractivity contribution < 1.29 is 14.2 Å². The van der Waals surface area contributed by atoms with Crippen molar-refractivity contribution in [1.29, 1.82) is 5.26 Å². The van der Waals surface area contributed by atoms with E-state index in [9.17, 15) is 9.59 Å². The van der Waals surface area contributed by atoms with Gasteiger partial charge in [-0.05, 0) is 46.7 Å². The second kappa shape index (κ2) is 9.95. The highest BCUT2D eigenvalue weighted by Gasteiger charge is 2.22. The molecular formula is C24H23N7O3. The van der Waals surface area contributed by atoms with E-state index in [1.807, 2.05) is 38.1 Å². The quantitative estimate of drug-likeness (QED) is 0.285. The molecule has 2 N–H and O–H groups in total. The first-order chi connectivity index (χ1) is 16.5. The molecule has 2 heterocycles. The maximum atomic E-state index is 13.2. The fraction of sp³-hybridized carbons (Fsp3) is 0.250. The Kier molecular flexibility index (Phi) is 6.64. The SMILES string of the molecule is CC(C)C(=O)Nc1ccc(C(=O)Cn2c(-c3nonc3NCCC#N)nc3ccccc32)cc1. The van der Waals surface area contributed by atoms with Crippen molar-refractivity contribution in [3.63, 3.8) is 0 Å². The molecule has 0 aliphatic heterocycles. The van der Waals surface area contributed by atoms with Gasteiger partial charge in [-0.15, -0.1) is 0 Å². The second-order valence-corrected chi connectivity index (χ2v) is 7.95. The summed E-state index contributed by atoms with van der Waals surface area (Å²) in [5, 5.41) is 22.5. The summed E-state index contributed by atoms with van der Waals surface area (Å²) in [7, 11) is 0. The predicted molar refractivity (Wildman–Crippen MR) is 126 cm³/mol. The van der Waals surface area contributed by atoms with E-state index in [0.29, 0.717) is 40.6 Å². The molecule has 4 rings (SSSR count). The first-order valence-corrected chi connectivity index (χ1v) is 10.8. The van der Waals surface area contributed by atoms with Gasteiger partial charge in [0.05, 0.1) is 30.1 Å². The minimum atomic E-state index is -0.139. The lowest BCUT2D eigenvalue weighted by molar-refractivity contribution is -0.118. The van der Waals surface area contributed by atoms with Gasteiger partial charge in [-0.2, -0.15) is 5.26 Å². The van der Waals surface area contributed by atoms with Crippen molar-refractivity contribution in [3.8, 4) is 17.6 Å². The molecular weight excluding hydrogens is 434 g/mol. The molecule has 0 radical (unpaired) electrons. The van der Waals surface area contributed by atoms with Gasteiger partial charge < -0.3 is 15.2 Å². The van der Waals surface area contributed by atoms with Crippen molar-refractivity contribution in [1.82, 2.24) is 19.9 Å². The Morgan fingerprint density at radius 3 is 2.62 bits per heavy atom. The number of nitrogens with zero attached hydrogens (tertiary/aromatic N) is 5. The van der Waals surface area contributed by atoms with Crippen LogP contribution in [0.3, 0.4) is 0 Å². The lowest BCUT2D eigenvalue weighted by Crippen LogP contribution is -2.17. The third-order valence-electron chi connectivity index (χ3n) is 5.18. The van der Waals surface area contributed by atoms with Gasteiger partial charge >= 0.3 is 0 Å². The first-order valence-electron chi connectivity index (χ1n) is 10.8.